The minimum absolute atomic E-state index is 0.146. The first kappa shape index (κ1) is 20.0. The number of para-hydroxylation sites is 1. The summed E-state index contributed by atoms with van der Waals surface area (Å²) in [6.07, 6.45) is -4.38. The number of ether oxygens (including phenoxy) is 1. The van der Waals surface area contributed by atoms with Gasteiger partial charge in [-0.25, -0.2) is 8.42 Å². The fourth-order valence-corrected chi connectivity index (χ4v) is 5.85. The summed E-state index contributed by atoms with van der Waals surface area (Å²) < 4.78 is 68.9. The lowest BCUT2D eigenvalue weighted by Gasteiger charge is -2.22. The quantitative estimate of drug-likeness (QED) is 0.737. The van der Waals surface area contributed by atoms with Gasteiger partial charge in [0.05, 0.1) is 0 Å². The van der Waals surface area contributed by atoms with E-state index in [1.807, 2.05) is 30.3 Å². The van der Waals surface area contributed by atoms with Gasteiger partial charge in [0.25, 0.3) is 0 Å². The third-order valence-corrected chi connectivity index (χ3v) is 7.43. The largest absolute Gasteiger partial charge is 0.573 e. The number of sulfonamides is 1. The van der Waals surface area contributed by atoms with Crippen molar-refractivity contribution >= 4 is 21.8 Å². The first-order valence-corrected chi connectivity index (χ1v) is 10.8. The van der Waals surface area contributed by atoms with Crippen LogP contribution in [0.2, 0.25) is 0 Å². The van der Waals surface area contributed by atoms with Gasteiger partial charge in [-0.05, 0) is 24.1 Å². The van der Waals surface area contributed by atoms with E-state index in [1.54, 1.807) is 11.8 Å². The summed E-state index contributed by atoms with van der Waals surface area (Å²) in [6.45, 7) is 0.464. The molecule has 0 bridgehead atoms. The molecule has 1 heterocycles. The summed E-state index contributed by atoms with van der Waals surface area (Å²) in [5.74, 6) is -0.150. The van der Waals surface area contributed by atoms with Crippen LogP contribution in [0.3, 0.4) is 0 Å². The van der Waals surface area contributed by atoms with Crippen molar-refractivity contribution in [3.63, 3.8) is 0 Å². The van der Waals surface area contributed by atoms with Crippen molar-refractivity contribution in [3.8, 4) is 5.75 Å². The molecular weight excluding hydrogens is 399 g/mol. The molecule has 0 spiro atoms. The van der Waals surface area contributed by atoms with Gasteiger partial charge in [0.1, 0.15) is 10.6 Å². The number of thioether (sulfide) groups is 1. The van der Waals surface area contributed by atoms with Crippen LogP contribution in [0.1, 0.15) is 17.2 Å². The number of alkyl halides is 3. The van der Waals surface area contributed by atoms with E-state index in [0.717, 1.165) is 17.7 Å². The van der Waals surface area contributed by atoms with E-state index in [9.17, 15) is 21.6 Å². The van der Waals surface area contributed by atoms with Crippen molar-refractivity contribution in [2.75, 3.05) is 18.8 Å². The first-order valence-electron chi connectivity index (χ1n) is 8.29. The molecular formula is C18H18F3NO3S2. The van der Waals surface area contributed by atoms with Gasteiger partial charge in [0.2, 0.25) is 10.0 Å². The predicted octanol–water partition coefficient (Wildman–Crippen LogP) is 4.45. The molecule has 0 aliphatic carbocycles. The van der Waals surface area contributed by atoms with E-state index in [4.69, 9.17) is 0 Å². The summed E-state index contributed by atoms with van der Waals surface area (Å²) >= 11 is 1.65. The summed E-state index contributed by atoms with van der Waals surface area (Å²) in [5.41, 5.74) is 1.11. The second kappa shape index (κ2) is 8.12. The molecule has 1 aliphatic rings. The summed E-state index contributed by atoms with van der Waals surface area (Å²) in [6, 6.07) is 14.6. The molecule has 0 aromatic heterocycles. The Morgan fingerprint density at radius 1 is 1.00 bits per heavy atom. The fraction of sp³-hybridized carbons (Fsp3) is 0.333. The van der Waals surface area contributed by atoms with Crippen molar-refractivity contribution in [2.45, 2.75) is 22.9 Å². The van der Waals surface area contributed by atoms with Crippen LogP contribution in [-0.4, -0.2) is 37.9 Å². The molecule has 0 N–H and O–H groups in total. The second-order valence-corrected chi connectivity index (χ2v) is 9.17. The van der Waals surface area contributed by atoms with Gasteiger partial charge in [0.15, 0.2) is 0 Å². The van der Waals surface area contributed by atoms with Gasteiger partial charge in [-0.2, -0.15) is 16.1 Å². The highest BCUT2D eigenvalue weighted by molar-refractivity contribution is 7.99. The summed E-state index contributed by atoms with van der Waals surface area (Å²) in [5, 5.41) is 0.146. The van der Waals surface area contributed by atoms with Crippen molar-refractivity contribution in [1.29, 1.82) is 0 Å². The average Bonchev–Trinajstić information content (AvgIpc) is 2.88. The maximum absolute atomic E-state index is 13.0. The van der Waals surface area contributed by atoms with Crippen LogP contribution in [0.25, 0.3) is 0 Å². The van der Waals surface area contributed by atoms with Crippen LogP contribution < -0.4 is 4.74 Å². The Labute approximate surface area is 160 Å². The van der Waals surface area contributed by atoms with E-state index in [-0.39, 0.29) is 18.3 Å². The third kappa shape index (κ3) is 4.97. The zero-order valence-corrected chi connectivity index (χ0v) is 15.9. The number of benzene rings is 2. The van der Waals surface area contributed by atoms with Gasteiger partial charge in [-0.3, -0.25) is 0 Å². The van der Waals surface area contributed by atoms with Gasteiger partial charge in [0, 0.05) is 24.1 Å². The number of hydrogen-bond acceptors (Lipinski definition) is 4. The zero-order valence-electron chi connectivity index (χ0n) is 14.2. The molecule has 1 atom stereocenters. The molecule has 1 fully saturated rings. The average molecular weight is 417 g/mol. The van der Waals surface area contributed by atoms with Crippen molar-refractivity contribution < 1.29 is 26.3 Å². The Bertz CT molecular complexity index is 873. The number of halogens is 3. The topological polar surface area (TPSA) is 46.6 Å². The fourth-order valence-electron chi connectivity index (χ4n) is 2.94. The Morgan fingerprint density at radius 3 is 2.37 bits per heavy atom. The number of hydrogen-bond donors (Lipinski definition) is 0. The second-order valence-electron chi connectivity index (χ2n) is 5.96. The van der Waals surface area contributed by atoms with Crippen molar-refractivity contribution in [2.24, 2.45) is 0 Å². The normalized spacial score (nSPS) is 19.4. The Kier molecular flexibility index (Phi) is 6.02. The third-order valence-electron chi connectivity index (χ3n) is 4.16. The molecule has 27 heavy (non-hydrogen) atoms. The molecule has 0 saturated carbocycles. The Morgan fingerprint density at radius 2 is 1.67 bits per heavy atom. The number of rotatable bonds is 4. The predicted molar refractivity (Wildman–Crippen MR) is 98.1 cm³/mol. The lowest BCUT2D eigenvalue weighted by Crippen LogP contribution is -2.33. The SMILES string of the molecule is O=S(=O)(c1ccccc1OC(F)(F)F)N1CCSC(c2ccccc2)CC1. The lowest BCUT2D eigenvalue weighted by atomic mass is 10.1. The monoisotopic (exact) mass is 417 g/mol. The minimum Gasteiger partial charge on any atom is -0.404 e. The smallest absolute Gasteiger partial charge is 0.404 e. The van der Waals surface area contributed by atoms with Gasteiger partial charge < -0.3 is 4.74 Å². The highest BCUT2D eigenvalue weighted by atomic mass is 32.2. The van der Waals surface area contributed by atoms with E-state index in [0.29, 0.717) is 12.2 Å². The van der Waals surface area contributed by atoms with Crippen molar-refractivity contribution in [1.82, 2.24) is 4.31 Å². The molecule has 1 aliphatic heterocycles. The molecule has 1 saturated heterocycles. The Hall–Kier alpha value is -1.71. The van der Waals surface area contributed by atoms with E-state index in [2.05, 4.69) is 4.74 Å². The Balaban J connectivity index is 1.82. The van der Waals surface area contributed by atoms with Crippen LogP contribution in [0.15, 0.2) is 59.5 Å². The molecule has 146 valence electrons. The highest BCUT2D eigenvalue weighted by Crippen LogP contribution is 2.37. The van der Waals surface area contributed by atoms with Gasteiger partial charge in [-0.15, -0.1) is 13.2 Å². The van der Waals surface area contributed by atoms with Gasteiger partial charge in [-0.1, -0.05) is 42.5 Å². The standard InChI is InChI=1S/C18H18F3NO3S2/c19-18(20,21)25-15-8-4-5-9-17(15)27(23,24)22-11-10-16(26-13-12-22)14-6-2-1-3-7-14/h1-9,16H,10-13H2. The minimum atomic E-state index is -4.96. The van der Waals surface area contributed by atoms with Crippen LogP contribution in [-0.2, 0) is 10.0 Å². The molecule has 3 rings (SSSR count). The molecule has 2 aromatic rings. The molecule has 9 heteroatoms. The van der Waals surface area contributed by atoms with E-state index in [1.165, 1.54) is 16.4 Å². The number of nitrogens with zero attached hydrogens (tertiary/aromatic N) is 1. The molecule has 0 amide bonds. The van der Waals surface area contributed by atoms with Crippen LogP contribution in [0.5, 0.6) is 5.75 Å². The first-order chi connectivity index (χ1) is 12.8. The van der Waals surface area contributed by atoms with Gasteiger partial charge >= 0.3 is 6.36 Å². The van der Waals surface area contributed by atoms with Crippen LogP contribution >= 0.6 is 11.8 Å². The molecule has 0 radical (unpaired) electrons. The molecule has 2 aromatic carbocycles. The van der Waals surface area contributed by atoms with E-state index >= 15 is 0 Å². The van der Waals surface area contributed by atoms with Crippen LogP contribution in [0, 0.1) is 0 Å². The van der Waals surface area contributed by atoms with E-state index < -0.39 is 27.0 Å². The molecule has 4 nitrogen and oxygen atoms in total. The molecule has 1 unspecified atom stereocenters. The maximum Gasteiger partial charge on any atom is 0.573 e. The maximum atomic E-state index is 13.0. The summed E-state index contributed by atoms with van der Waals surface area (Å²) in [4.78, 5) is -0.467. The lowest BCUT2D eigenvalue weighted by molar-refractivity contribution is -0.275. The zero-order chi connectivity index (χ0) is 19.5. The van der Waals surface area contributed by atoms with Crippen LogP contribution in [0.4, 0.5) is 13.2 Å². The summed E-state index contributed by atoms with van der Waals surface area (Å²) in [7, 11) is -4.10. The van der Waals surface area contributed by atoms with Crippen molar-refractivity contribution in [3.05, 3.63) is 60.2 Å². The highest BCUT2D eigenvalue weighted by Gasteiger charge is 2.36.